The van der Waals surface area contributed by atoms with Crippen LogP contribution in [0.1, 0.15) is 31.5 Å². The molecule has 0 saturated heterocycles. The third-order valence-electron chi connectivity index (χ3n) is 3.10. The molecule has 0 fully saturated rings. The molecule has 0 aliphatic carbocycles. The van der Waals surface area contributed by atoms with Crippen LogP contribution in [0, 0.1) is 0 Å². The summed E-state index contributed by atoms with van der Waals surface area (Å²) >= 11 is 6.08. The van der Waals surface area contributed by atoms with E-state index < -0.39 is 0 Å². The Morgan fingerprint density at radius 3 is 2.91 bits per heavy atom. The fraction of sp³-hybridized carbons (Fsp3) is 0.312. The highest BCUT2D eigenvalue weighted by Crippen LogP contribution is 2.18. The van der Waals surface area contributed by atoms with Crippen molar-refractivity contribution in [3.8, 4) is 0 Å². The first-order valence-electron chi connectivity index (χ1n) is 7.20. The van der Waals surface area contributed by atoms with Gasteiger partial charge in [-0.25, -0.2) is 0 Å². The maximum absolute atomic E-state index is 12.1. The van der Waals surface area contributed by atoms with Gasteiger partial charge in [-0.3, -0.25) is 9.48 Å². The van der Waals surface area contributed by atoms with E-state index in [4.69, 9.17) is 11.6 Å². The minimum atomic E-state index is -0.148. The molecule has 2 rings (SSSR count). The van der Waals surface area contributed by atoms with Gasteiger partial charge in [-0.1, -0.05) is 41.9 Å². The maximum atomic E-state index is 12.1. The number of hydrogen-bond donors (Lipinski definition) is 1. The first-order valence-corrected chi connectivity index (χ1v) is 7.58. The normalized spacial score (nSPS) is 11.5. The summed E-state index contributed by atoms with van der Waals surface area (Å²) in [6.07, 6.45) is 4.61. The second kappa shape index (κ2) is 7.75. The molecule has 0 saturated carbocycles. The SMILES string of the molecule is CCCn1cc(CNC(=O)C(C)=Cc2ccccc2Cl)nn1. The van der Waals surface area contributed by atoms with Gasteiger partial charge in [0.25, 0.3) is 0 Å². The van der Waals surface area contributed by atoms with E-state index in [2.05, 4.69) is 22.6 Å². The molecule has 0 aliphatic rings. The molecule has 0 bridgehead atoms. The number of carbonyl (C=O) groups is 1. The van der Waals surface area contributed by atoms with Crippen LogP contribution in [0.2, 0.25) is 5.02 Å². The number of benzene rings is 1. The van der Waals surface area contributed by atoms with Crippen LogP contribution in [0.25, 0.3) is 6.08 Å². The Hall–Kier alpha value is -2.14. The quantitative estimate of drug-likeness (QED) is 0.833. The van der Waals surface area contributed by atoms with Gasteiger partial charge in [-0.2, -0.15) is 0 Å². The summed E-state index contributed by atoms with van der Waals surface area (Å²) in [6, 6.07) is 7.41. The molecule has 1 N–H and O–H groups in total. The van der Waals surface area contributed by atoms with Gasteiger partial charge in [0, 0.05) is 17.1 Å². The van der Waals surface area contributed by atoms with Crippen molar-refractivity contribution < 1.29 is 4.79 Å². The average Bonchev–Trinajstić information content (AvgIpc) is 2.95. The van der Waals surface area contributed by atoms with Crippen LogP contribution in [0.15, 0.2) is 36.0 Å². The Labute approximate surface area is 135 Å². The third-order valence-corrected chi connectivity index (χ3v) is 3.45. The van der Waals surface area contributed by atoms with E-state index in [0.717, 1.165) is 24.2 Å². The predicted molar refractivity (Wildman–Crippen MR) is 87.3 cm³/mol. The third kappa shape index (κ3) is 4.43. The molecule has 2 aromatic rings. The molecule has 0 radical (unpaired) electrons. The fourth-order valence-corrected chi connectivity index (χ4v) is 2.15. The van der Waals surface area contributed by atoms with Crippen molar-refractivity contribution in [2.75, 3.05) is 0 Å². The number of nitrogens with zero attached hydrogens (tertiary/aromatic N) is 3. The lowest BCUT2D eigenvalue weighted by Crippen LogP contribution is -2.23. The van der Waals surface area contributed by atoms with E-state index in [1.165, 1.54) is 0 Å². The first-order chi connectivity index (χ1) is 10.6. The minimum absolute atomic E-state index is 0.148. The molecule has 0 aliphatic heterocycles. The van der Waals surface area contributed by atoms with Crippen LogP contribution in [0.5, 0.6) is 0 Å². The van der Waals surface area contributed by atoms with E-state index in [0.29, 0.717) is 17.1 Å². The Balaban J connectivity index is 1.95. The van der Waals surface area contributed by atoms with E-state index >= 15 is 0 Å². The lowest BCUT2D eigenvalue weighted by atomic mass is 10.1. The monoisotopic (exact) mass is 318 g/mol. The molecule has 116 valence electrons. The number of amides is 1. The van der Waals surface area contributed by atoms with Crippen LogP contribution in [-0.2, 0) is 17.9 Å². The van der Waals surface area contributed by atoms with E-state index in [1.54, 1.807) is 23.7 Å². The smallest absolute Gasteiger partial charge is 0.247 e. The summed E-state index contributed by atoms with van der Waals surface area (Å²) in [4.78, 5) is 12.1. The molecule has 0 unspecified atom stereocenters. The van der Waals surface area contributed by atoms with Gasteiger partial charge in [-0.15, -0.1) is 5.10 Å². The summed E-state index contributed by atoms with van der Waals surface area (Å²) in [7, 11) is 0. The minimum Gasteiger partial charge on any atom is -0.347 e. The molecule has 1 aromatic carbocycles. The molecule has 1 aromatic heterocycles. The van der Waals surface area contributed by atoms with Gasteiger partial charge < -0.3 is 5.32 Å². The summed E-state index contributed by atoms with van der Waals surface area (Å²) in [5, 5.41) is 11.5. The zero-order chi connectivity index (χ0) is 15.9. The summed E-state index contributed by atoms with van der Waals surface area (Å²) in [5.41, 5.74) is 2.16. The highest BCUT2D eigenvalue weighted by atomic mass is 35.5. The zero-order valence-corrected chi connectivity index (χ0v) is 13.5. The summed E-state index contributed by atoms with van der Waals surface area (Å²) in [5.74, 6) is -0.148. The number of hydrogen-bond acceptors (Lipinski definition) is 3. The van der Waals surface area contributed by atoms with Crippen molar-refractivity contribution in [2.24, 2.45) is 0 Å². The second-order valence-electron chi connectivity index (χ2n) is 5.00. The highest BCUT2D eigenvalue weighted by molar-refractivity contribution is 6.32. The van der Waals surface area contributed by atoms with Crippen molar-refractivity contribution in [1.82, 2.24) is 20.3 Å². The van der Waals surface area contributed by atoms with Gasteiger partial charge in [0.15, 0.2) is 0 Å². The van der Waals surface area contributed by atoms with Crippen molar-refractivity contribution in [3.63, 3.8) is 0 Å². The average molecular weight is 319 g/mol. The number of halogens is 1. The largest absolute Gasteiger partial charge is 0.347 e. The van der Waals surface area contributed by atoms with Gasteiger partial charge >= 0.3 is 0 Å². The number of aromatic nitrogens is 3. The molecule has 1 amide bonds. The lowest BCUT2D eigenvalue weighted by Gasteiger charge is -2.04. The van der Waals surface area contributed by atoms with Gasteiger partial charge in [-0.05, 0) is 31.1 Å². The lowest BCUT2D eigenvalue weighted by molar-refractivity contribution is -0.117. The molecule has 0 atom stereocenters. The Morgan fingerprint density at radius 2 is 2.18 bits per heavy atom. The summed E-state index contributed by atoms with van der Waals surface area (Å²) in [6.45, 7) is 5.02. The van der Waals surface area contributed by atoms with Crippen molar-refractivity contribution in [1.29, 1.82) is 0 Å². The van der Waals surface area contributed by atoms with E-state index in [9.17, 15) is 4.79 Å². The topological polar surface area (TPSA) is 59.8 Å². The Kier molecular flexibility index (Phi) is 5.72. The molecule has 1 heterocycles. The number of nitrogens with one attached hydrogen (secondary N) is 1. The van der Waals surface area contributed by atoms with Crippen LogP contribution < -0.4 is 5.32 Å². The van der Waals surface area contributed by atoms with E-state index in [-0.39, 0.29) is 5.91 Å². The maximum Gasteiger partial charge on any atom is 0.247 e. The van der Waals surface area contributed by atoms with Crippen molar-refractivity contribution >= 4 is 23.6 Å². The van der Waals surface area contributed by atoms with Crippen LogP contribution in [0.4, 0.5) is 0 Å². The fourth-order valence-electron chi connectivity index (χ4n) is 1.96. The first kappa shape index (κ1) is 16.2. The van der Waals surface area contributed by atoms with Crippen molar-refractivity contribution in [3.05, 3.63) is 52.3 Å². The number of rotatable bonds is 6. The molecular weight excluding hydrogens is 300 g/mol. The molecule has 5 nitrogen and oxygen atoms in total. The Morgan fingerprint density at radius 1 is 1.41 bits per heavy atom. The van der Waals surface area contributed by atoms with Gasteiger partial charge in [0.2, 0.25) is 5.91 Å². The summed E-state index contributed by atoms with van der Waals surface area (Å²) < 4.78 is 1.77. The number of carbonyl (C=O) groups excluding carboxylic acids is 1. The van der Waals surface area contributed by atoms with Crippen LogP contribution >= 0.6 is 11.6 Å². The van der Waals surface area contributed by atoms with Crippen LogP contribution in [0.3, 0.4) is 0 Å². The second-order valence-corrected chi connectivity index (χ2v) is 5.41. The number of aryl methyl sites for hydroxylation is 1. The Bertz CT molecular complexity index is 678. The van der Waals surface area contributed by atoms with Gasteiger partial charge in [0.05, 0.1) is 12.7 Å². The standard InChI is InChI=1S/C16H19ClN4O/c1-3-8-21-11-14(19-20-21)10-18-16(22)12(2)9-13-6-4-5-7-15(13)17/h4-7,9,11H,3,8,10H2,1-2H3,(H,18,22). The predicted octanol–water partition coefficient (Wildman–Crippen LogP) is 3.06. The van der Waals surface area contributed by atoms with Gasteiger partial charge in [0.1, 0.15) is 5.69 Å². The van der Waals surface area contributed by atoms with Crippen molar-refractivity contribution in [2.45, 2.75) is 33.4 Å². The zero-order valence-electron chi connectivity index (χ0n) is 12.7. The highest BCUT2D eigenvalue weighted by Gasteiger charge is 2.07. The molecule has 22 heavy (non-hydrogen) atoms. The van der Waals surface area contributed by atoms with Crippen LogP contribution in [-0.4, -0.2) is 20.9 Å². The van der Waals surface area contributed by atoms with E-state index in [1.807, 2.05) is 24.4 Å². The molecular formula is C16H19ClN4O. The molecule has 6 heteroatoms. The molecule has 0 spiro atoms.